The van der Waals surface area contributed by atoms with Crippen LogP contribution in [0.1, 0.15) is 23.7 Å². The van der Waals surface area contributed by atoms with Crippen LogP contribution >= 0.6 is 0 Å². The number of aliphatic hydroxyl groups excluding tert-OH is 1. The van der Waals surface area contributed by atoms with E-state index in [1.807, 2.05) is 30.3 Å². The van der Waals surface area contributed by atoms with Gasteiger partial charge in [0, 0.05) is 6.54 Å². The van der Waals surface area contributed by atoms with Crippen molar-refractivity contribution in [3.63, 3.8) is 0 Å². The van der Waals surface area contributed by atoms with Gasteiger partial charge in [-0.2, -0.15) is 5.26 Å². The van der Waals surface area contributed by atoms with Crippen LogP contribution in [0.3, 0.4) is 0 Å². The molecule has 0 radical (unpaired) electrons. The lowest BCUT2D eigenvalue weighted by Gasteiger charge is -2.25. The molecule has 1 N–H and O–H groups in total. The van der Waals surface area contributed by atoms with Gasteiger partial charge in [-0.3, -0.25) is 0 Å². The largest absolute Gasteiger partial charge is 0.391 e. The Hall–Kier alpha value is -2.38. The molecule has 1 saturated heterocycles. The van der Waals surface area contributed by atoms with Gasteiger partial charge < -0.3 is 10.0 Å². The Bertz CT molecular complexity index is 636. The Morgan fingerprint density at radius 1 is 1.15 bits per heavy atom. The molecule has 4 nitrogen and oxygen atoms in total. The summed E-state index contributed by atoms with van der Waals surface area (Å²) >= 11 is 0. The number of β-amino-alcohol motifs (C(OH)–C–C–N with tert-alkyl or cyclic N) is 1. The van der Waals surface area contributed by atoms with Gasteiger partial charge in [-0.05, 0) is 24.1 Å². The third-order valence-electron chi connectivity index (χ3n) is 3.61. The van der Waals surface area contributed by atoms with Crippen LogP contribution in [-0.4, -0.2) is 22.7 Å². The average molecular weight is 265 g/mol. The first kappa shape index (κ1) is 12.6. The van der Waals surface area contributed by atoms with E-state index >= 15 is 0 Å². The highest BCUT2D eigenvalue weighted by Crippen LogP contribution is 2.35. The number of rotatable bonds is 2. The van der Waals surface area contributed by atoms with E-state index in [2.05, 4.69) is 28.1 Å². The van der Waals surface area contributed by atoms with E-state index < -0.39 is 0 Å². The summed E-state index contributed by atoms with van der Waals surface area (Å²) < 4.78 is 0. The van der Waals surface area contributed by atoms with Gasteiger partial charge in [0.05, 0.1) is 12.1 Å². The standard InChI is InChI=1S/C16H15N3O/c17-10-13-7-4-8-16(18-13)19-11-14(20)9-15(19)12-5-2-1-3-6-12/h1-8,14-15,20H,9,11H2/t14-,15-/m0/s1. The van der Waals surface area contributed by atoms with Gasteiger partial charge >= 0.3 is 0 Å². The average Bonchev–Trinajstić information content (AvgIpc) is 2.90. The Kier molecular flexibility index (Phi) is 3.36. The van der Waals surface area contributed by atoms with Crippen LogP contribution < -0.4 is 4.90 Å². The van der Waals surface area contributed by atoms with E-state index in [4.69, 9.17) is 5.26 Å². The fourth-order valence-corrected chi connectivity index (χ4v) is 2.70. The van der Waals surface area contributed by atoms with E-state index in [9.17, 15) is 5.11 Å². The molecule has 100 valence electrons. The quantitative estimate of drug-likeness (QED) is 0.904. The van der Waals surface area contributed by atoms with Crippen molar-refractivity contribution in [3.05, 3.63) is 59.8 Å². The predicted octanol–water partition coefficient (Wildman–Crippen LogP) is 2.27. The smallest absolute Gasteiger partial charge is 0.142 e. The molecule has 1 fully saturated rings. The SMILES string of the molecule is N#Cc1cccc(N2C[C@@H](O)C[C@H]2c2ccccc2)n1. The number of aliphatic hydroxyl groups is 1. The molecule has 1 aliphatic heterocycles. The summed E-state index contributed by atoms with van der Waals surface area (Å²) in [7, 11) is 0. The first-order chi connectivity index (χ1) is 9.78. The van der Waals surface area contributed by atoms with Crippen LogP contribution in [0.25, 0.3) is 0 Å². The van der Waals surface area contributed by atoms with Crippen molar-refractivity contribution in [2.45, 2.75) is 18.6 Å². The molecule has 1 aromatic heterocycles. The van der Waals surface area contributed by atoms with Gasteiger partial charge in [-0.25, -0.2) is 4.98 Å². The molecule has 4 heteroatoms. The highest BCUT2D eigenvalue weighted by atomic mass is 16.3. The van der Waals surface area contributed by atoms with Crippen molar-refractivity contribution >= 4 is 5.82 Å². The summed E-state index contributed by atoms with van der Waals surface area (Å²) in [6, 6.07) is 17.7. The Morgan fingerprint density at radius 3 is 2.70 bits per heavy atom. The third-order valence-corrected chi connectivity index (χ3v) is 3.61. The Labute approximate surface area is 117 Å². The lowest BCUT2D eigenvalue weighted by molar-refractivity contribution is 0.194. The normalized spacial score (nSPS) is 21.7. The minimum absolute atomic E-state index is 0.104. The molecule has 20 heavy (non-hydrogen) atoms. The minimum Gasteiger partial charge on any atom is -0.391 e. The van der Waals surface area contributed by atoms with Crippen LogP contribution in [-0.2, 0) is 0 Å². The molecular formula is C16H15N3O. The Morgan fingerprint density at radius 2 is 1.95 bits per heavy atom. The fourth-order valence-electron chi connectivity index (χ4n) is 2.70. The number of benzene rings is 1. The second-order valence-corrected chi connectivity index (χ2v) is 4.96. The fraction of sp³-hybridized carbons (Fsp3) is 0.250. The van der Waals surface area contributed by atoms with E-state index in [1.54, 1.807) is 6.07 Å². The summed E-state index contributed by atoms with van der Waals surface area (Å²) in [5.41, 5.74) is 1.56. The van der Waals surface area contributed by atoms with E-state index in [0.29, 0.717) is 18.7 Å². The van der Waals surface area contributed by atoms with Crippen LogP contribution in [0.4, 0.5) is 5.82 Å². The van der Waals surface area contributed by atoms with Gasteiger partial charge in [0.1, 0.15) is 17.6 Å². The maximum absolute atomic E-state index is 9.98. The van der Waals surface area contributed by atoms with Gasteiger partial charge in [-0.1, -0.05) is 36.4 Å². The number of aromatic nitrogens is 1. The van der Waals surface area contributed by atoms with Crippen molar-refractivity contribution in [2.24, 2.45) is 0 Å². The maximum atomic E-state index is 9.98. The number of hydrogen-bond acceptors (Lipinski definition) is 4. The molecule has 2 atom stereocenters. The number of nitrogens with zero attached hydrogens (tertiary/aromatic N) is 3. The second kappa shape index (κ2) is 5.32. The molecule has 0 saturated carbocycles. The van der Waals surface area contributed by atoms with Crippen LogP contribution in [0.5, 0.6) is 0 Å². The molecule has 0 spiro atoms. The number of nitriles is 1. The van der Waals surface area contributed by atoms with Crippen molar-refractivity contribution in [3.8, 4) is 6.07 Å². The zero-order valence-corrected chi connectivity index (χ0v) is 11.0. The summed E-state index contributed by atoms with van der Waals surface area (Å²) in [4.78, 5) is 6.41. The van der Waals surface area contributed by atoms with Crippen molar-refractivity contribution in [1.82, 2.24) is 4.98 Å². The summed E-state index contributed by atoms with van der Waals surface area (Å²) in [5.74, 6) is 0.745. The summed E-state index contributed by atoms with van der Waals surface area (Å²) in [5, 5.41) is 18.9. The van der Waals surface area contributed by atoms with Crippen molar-refractivity contribution < 1.29 is 5.11 Å². The maximum Gasteiger partial charge on any atom is 0.142 e. The monoisotopic (exact) mass is 265 g/mol. The molecular weight excluding hydrogens is 250 g/mol. The third kappa shape index (κ3) is 2.36. The predicted molar refractivity (Wildman–Crippen MR) is 76.1 cm³/mol. The molecule has 0 aliphatic carbocycles. The molecule has 1 aliphatic rings. The Balaban J connectivity index is 1.96. The second-order valence-electron chi connectivity index (χ2n) is 4.96. The molecule has 1 aromatic carbocycles. The number of anilines is 1. The topological polar surface area (TPSA) is 60.2 Å². The molecule has 2 aromatic rings. The zero-order chi connectivity index (χ0) is 13.9. The molecule has 0 unspecified atom stereocenters. The van der Waals surface area contributed by atoms with Gasteiger partial charge in [0.25, 0.3) is 0 Å². The van der Waals surface area contributed by atoms with Crippen LogP contribution in [0.15, 0.2) is 48.5 Å². The summed E-state index contributed by atoms with van der Waals surface area (Å²) in [6.07, 6.45) is 0.315. The minimum atomic E-state index is -0.368. The van der Waals surface area contributed by atoms with E-state index in [-0.39, 0.29) is 12.1 Å². The summed E-state index contributed by atoms with van der Waals surface area (Å²) in [6.45, 7) is 0.543. The first-order valence-electron chi connectivity index (χ1n) is 6.65. The first-order valence-corrected chi connectivity index (χ1v) is 6.65. The van der Waals surface area contributed by atoms with Crippen molar-refractivity contribution in [2.75, 3.05) is 11.4 Å². The van der Waals surface area contributed by atoms with E-state index in [0.717, 1.165) is 11.4 Å². The highest BCUT2D eigenvalue weighted by molar-refractivity contribution is 5.46. The number of pyridine rings is 1. The number of hydrogen-bond donors (Lipinski definition) is 1. The molecule has 0 bridgehead atoms. The lowest BCUT2D eigenvalue weighted by atomic mass is 10.0. The lowest BCUT2D eigenvalue weighted by Crippen LogP contribution is -2.25. The molecule has 2 heterocycles. The van der Waals surface area contributed by atoms with Crippen LogP contribution in [0, 0.1) is 11.3 Å². The van der Waals surface area contributed by atoms with Gasteiger partial charge in [-0.15, -0.1) is 0 Å². The molecule has 3 rings (SSSR count). The highest BCUT2D eigenvalue weighted by Gasteiger charge is 2.32. The van der Waals surface area contributed by atoms with Crippen LogP contribution in [0.2, 0.25) is 0 Å². The van der Waals surface area contributed by atoms with Crippen molar-refractivity contribution in [1.29, 1.82) is 5.26 Å². The molecule has 0 amide bonds. The van der Waals surface area contributed by atoms with E-state index in [1.165, 1.54) is 0 Å². The van der Waals surface area contributed by atoms with Gasteiger partial charge in [0.15, 0.2) is 0 Å². The van der Waals surface area contributed by atoms with Gasteiger partial charge in [0.2, 0.25) is 0 Å². The zero-order valence-electron chi connectivity index (χ0n) is 11.0.